The maximum Gasteiger partial charge on any atom is 0.324 e. The van der Waals surface area contributed by atoms with Gasteiger partial charge in [-0.15, -0.1) is 0 Å². The Kier molecular flexibility index (Phi) is 4.77. The highest BCUT2D eigenvalue weighted by Crippen LogP contribution is 2.21. The Hall–Kier alpha value is -2.11. The molecule has 1 aromatic carbocycles. The van der Waals surface area contributed by atoms with Crippen LogP contribution < -0.4 is 4.90 Å². The number of rotatable bonds is 3. The molecule has 0 aliphatic carbocycles. The van der Waals surface area contributed by atoms with E-state index < -0.39 is 5.97 Å². The second-order valence-electron chi connectivity index (χ2n) is 5.10. The van der Waals surface area contributed by atoms with Crippen molar-refractivity contribution in [3.63, 3.8) is 0 Å². The molecule has 1 aliphatic heterocycles. The molecule has 21 heavy (non-hydrogen) atoms. The Labute approximate surface area is 123 Å². The fourth-order valence-electron chi connectivity index (χ4n) is 2.54. The number of halogens is 1. The van der Waals surface area contributed by atoms with Gasteiger partial charge in [-0.1, -0.05) is 0 Å². The molecule has 6 heteroatoms. The molecule has 1 N–H and O–H groups in total. The van der Waals surface area contributed by atoms with Crippen LogP contribution in [0.3, 0.4) is 0 Å². The number of urea groups is 1. The molecular weight excluding hydrogens is 275 g/mol. The average molecular weight is 294 g/mol. The van der Waals surface area contributed by atoms with Crippen LogP contribution in [0.15, 0.2) is 24.3 Å². The predicted octanol–water partition coefficient (Wildman–Crippen LogP) is 2.57. The summed E-state index contributed by atoms with van der Waals surface area (Å²) in [6, 6.07) is 5.62. The Morgan fingerprint density at radius 1 is 1.29 bits per heavy atom. The summed E-state index contributed by atoms with van der Waals surface area (Å²) < 4.78 is 13.0. The van der Waals surface area contributed by atoms with Gasteiger partial charge in [0.2, 0.25) is 0 Å². The number of nitrogens with zero attached hydrogens (tertiary/aromatic N) is 2. The van der Waals surface area contributed by atoms with E-state index in [9.17, 15) is 14.0 Å². The molecular formula is C15H19FN2O3. The number of carbonyl (C=O) groups is 2. The summed E-state index contributed by atoms with van der Waals surface area (Å²) in [7, 11) is 0. The number of piperidine rings is 1. The number of amides is 2. The molecule has 0 unspecified atom stereocenters. The highest BCUT2D eigenvalue weighted by Gasteiger charge is 2.29. The molecule has 1 aromatic rings. The Morgan fingerprint density at radius 2 is 1.86 bits per heavy atom. The van der Waals surface area contributed by atoms with Crippen molar-refractivity contribution >= 4 is 17.7 Å². The molecule has 0 bridgehead atoms. The third-order valence-corrected chi connectivity index (χ3v) is 3.80. The van der Waals surface area contributed by atoms with E-state index in [1.807, 2.05) is 6.92 Å². The minimum Gasteiger partial charge on any atom is -0.481 e. The van der Waals surface area contributed by atoms with Crippen molar-refractivity contribution in [2.75, 3.05) is 24.5 Å². The molecule has 1 aliphatic rings. The van der Waals surface area contributed by atoms with Crippen LogP contribution in [0.5, 0.6) is 0 Å². The van der Waals surface area contributed by atoms with Gasteiger partial charge in [0.05, 0.1) is 5.92 Å². The van der Waals surface area contributed by atoms with Crippen LogP contribution in [0.4, 0.5) is 14.9 Å². The normalized spacial score (nSPS) is 15.8. The summed E-state index contributed by atoms with van der Waals surface area (Å²) >= 11 is 0. The number of anilines is 1. The number of aliphatic carboxylic acids is 1. The Bertz CT molecular complexity index is 510. The summed E-state index contributed by atoms with van der Waals surface area (Å²) in [5.41, 5.74) is 0.643. The molecule has 0 saturated carbocycles. The summed E-state index contributed by atoms with van der Waals surface area (Å²) in [5.74, 6) is -1.51. The van der Waals surface area contributed by atoms with E-state index in [-0.39, 0.29) is 17.8 Å². The number of carboxylic acid groups (broad SMARTS) is 1. The van der Waals surface area contributed by atoms with Gasteiger partial charge in [0.25, 0.3) is 0 Å². The average Bonchev–Trinajstić information content (AvgIpc) is 2.50. The number of likely N-dealkylation sites (tertiary alicyclic amines) is 1. The highest BCUT2D eigenvalue weighted by molar-refractivity contribution is 5.92. The second kappa shape index (κ2) is 6.56. The van der Waals surface area contributed by atoms with Gasteiger partial charge < -0.3 is 10.0 Å². The summed E-state index contributed by atoms with van der Waals surface area (Å²) in [4.78, 5) is 26.7. The minimum absolute atomic E-state index is 0.159. The third kappa shape index (κ3) is 3.51. The first-order chi connectivity index (χ1) is 10.0. The lowest BCUT2D eigenvalue weighted by Crippen LogP contribution is -2.47. The lowest BCUT2D eigenvalue weighted by atomic mass is 9.97. The molecule has 1 saturated heterocycles. The second-order valence-corrected chi connectivity index (χ2v) is 5.10. The third-order valence-electron chi connectivity index (χ3n) is 3.80. The number of carboxylic acids is 1. The van der Waals surface area contributed by atoms with E-state index in [4.69, 9.17) is 5.11 Å². The van der Waals surface area contributed by atoms with Crippen LogP contribution >= 0.6 is 0 Å². The van der Waals surface area contributed by atoms with Crippen LogP contribution in [0.25, 0.3) is 0 Å². The number of benzene rings is 1. The minimum atomic E-state index is -0.798. The number of hydrogen-bond acceptors (Lipinski definition) is 2. The van der Waals surface area contributed by atoms with Gasteiger partial charge in [-0.25, -0.2) is 9.18 Å². The standard InChI is InChI=1S/C15H19FN2O3/c1-2-18(13-5-3-12(16)4-6-13)15(21)17-9-7-11(8-10-17)14(19)20/h3-6,11H,2,7-10H2,1H3,(H,19,20). The van der Waals surface area contributed by atoms with Gasteiger partial charge in [0.15, 0.2) is 0 Å². The van der Waals surface area contributed by atoms with Crippen molar-refractivity contribution in [2.24, 2.45) is 5.92 Å². The monoisotopic (exact) mass is 294 g/mol. The largest absolute Gasteiger partial charge is 0.481 e. The zero-order valence-electron chi connectivity index (χ0n) is 12.0. The number of hydrogen-bond donors (Lipinski definition) is 1. The van der Waals surface area contributed by atoms with Crippen molar-refractivity contribution in [2.45, 2.75) is 19.8 Å². The quantitative estimate of drug-likeness (QED) is 0.932. The smallest absolute Gasteiger partial charge is 0.324 e. The molecule has 1 heterocycles. The molecule has 0 atom stereocenters. The van der Waals surface area contributed by atoms with Gasteiger partial charge >= 0.3 is 12.0 Å². The van der Waals surface area contributed by atoms with E-state index in [0.717, 1.165) is 0 Å². The van der Waals surface area contributed by atoms with Crippen LogP contribution in [0.2, 0.25) is 0 Å². The van der Waals surface area contributed by atoms with E-state index in [2.05, 4.69) is 0 Å². The van der Waals surface area contributed by atoms with Gasteiger partial charge in [-0.2, -0.15) is 0 Å². The van der Waals surface area contributed by atoms with Crippen molar-refractivity contribution < 1.29 is 19.1 Å². The van der Waals surface area contributed by atoms with Crippen LogP contribution in [0, 0.1) is 11.7 Å². The van der Waals surface area contributed by atoms with Gasteiger partial charge in [-0.05, 0) is 44.0 Å². The number of carbonyl (C=O) groups excluding carboxylic acids is 1. The Morgan fingerprint density at radius 3 is 2.33 bits per heavy atom. The zero-order chi connectivity index (χ0) is 15.4. The Balaban J connectivity index is 2.04. The van der Waals surface area contributed by atoms with Gasteiger partial charge in [0, 0.05) is 25.3 Å². The van der Waals surface area contributed by atoms with Crippen LogP contribution in [0.1, 0.15) is 19.8 Å². The van der Waals surface area contributed by atoms with Crippen LogP contribution in [-0.4, -0.2) is 41.6 Å². The zero-order valence-corrected chi connectivity index (χ0v) is 12.0. The molecule has 1 fully saturated rings. The predicted molar refractivity (Wildman–Crippen MR) is 76.7 cm³/mol. The fourth-order valence-corrected chi connectivity index (χ4v) is 2.54. The molecule has 114 valence electrons. The van der Waals surface area contributed by atoms with E-state index in [1.54, 1.807) is 21.9 Å². The van der Waals surface area contributed by atoms with E-state index >= 15 is 0 Å². The summed E-state index contributed by atoms with van der Waals surface area (Å²) in [6.45, 7) is 3.20. The molecule has 2 rings (SSSR count). The molecule has 0 spiro atoms. The lowest BCUT2D eigenvalue weighted by Gasteiger charge is -2.34. The summed E-state index contributed by atoms with van der Waals surface area (Å²) in [6.07, 6.45) is 0.949. The fraction of sp³-hybridized carbons (Fsp3) is 0.467. The topological polar surface area (TPSA) is 60.9 Å². The SMILES string of the molecule is CCN(C(=O)N1CCC(C(=O)O)CC1)c1ccc(F)cc1. The van der Waals surface area contributed by atoms with E-state index in [1.165, 1.54) is 12.1 Å². The summed E-state index contributed by atoms with van der Waals surface area (Å²) in [5, 5.41) is 8.97. The maximum atomic E-state index is 13.0. The molecule has 5 nitrogen and oxygen atoms in total. The molecule has 0 radical (unpaired) electrons. The molecule has 0 aromatic heterocycles. The molecule has 2 amide bonds. The van der Waals surface area contributed by atoms with Crippen molar-refractivity contribution in [1.82, 2.24) is 4.90 Å². The van der Waals surface area contributed by atoms with Gasteiger partial charge in [0.1, 0.15) is 5.82 Å². The van der Waals surface area contributed by atoms with E-state index in [0.29, 0.717) is 38.2 Å². The maximum absolute atomic E-state index is 13.0. The van der Waals surface area contributed by atoms with Crippen molar-refractivity contribution in [1.29, 1.82) is 0 Å². The first kappa shape index (κ1) is 15.3. The highest BCUT2D eigenvalue weighted by atomic mass is 19.1. The van der Waals surface area contributed by atoms with Crippen molar-refractivity contribution in [3.8, 4) is 0 Å². The van der Waals surface area contributed by atoms with Crippen LogP contribution in [-0.2, 0) is 4.79 Å². The first-order valence-electron chi connectivity index (χ1n) is 7.07. The van der Waals surface area contributed by atoms with Gasteiger partial charge in [-0.3, -0.25) is 9.69 Å². The van der Waals surface area contributed by atoms with Crippen molar-refractivity contribution in [3.05, 3.63) is 30.1 Å². The first-order valence-corrected chi connectivity index (χ1v) is 7.07. The lowest BCUT2D eigenvalue weighted by molar-refractivity contribution is -0.143.